The molecule has 1 aromatic heterocycles. The number of aromatic nitrogens is 3. The normalized spacial score (nSPS) is 19.6. The lowest BCUT2D eigenvalue weighted by molar-refractivity contribution is 0.0491. The van der Waals surface area contributed by atoms with E-state index in [0.29, 0.717) is 12.5 Å². The molecule has 1 aliphatic carbocycles. The first-order chi connectivity index (χ1) is 13.7. The molecule has 2 aromatic rings. The van der Waals surface area contributed by atoms with E-state index in [0.717, 1.165) is 48.6 Å². The number of nitrogens with one attached hydrogen (secondary N) is 1. The van der Waals surface area contributed by atoms with E-state index in [4.69, 9.17) is 9.47 Å². The Morgan fingerprint density at radius 1 is 1.21 bits per heavy atom. The summed E-state index contributed by atoms with van der Waals surface area (Å²) in [5, 5.41) is 11.7. The molecular formula is C22H32N4O3. The molecule has 0 bridgehead atoms. The molecule has 7 nitrogen and oxygen atoms in total. The number of carbonyl (C=O) groups is 1. The average molecular weight is 401 g/mol. The Morgan fingerprint density at radius 3 is 2.59 bits per heavy atom. The van der Waals surface area contributed by atoms with Crippen molar-refractivity contribution in [2.24, 2.45) is 7.05 Å². The van der Waals surface area contributed by atoms with Gasteiger partial charge in [0.1, 0.15) is 23.8 Å². The number of aryl methyl sites for hydroxylation is 1. The van der Waals surface area contributed by atoms with Gasteiger partial charge in [0, 0.05) is 19.0 Å². The highest BCUT2D eigenvalue weighted by Gasteiger charge is 2.28. The lowest BCUT2D eigenvalue weighted by Gasteiger charge is -2.29. The summed E-state index contributed by atoms with van der Waals surface area (Å²) in [6.45, 7) is 8.05. The Balaban J connectivity index is 1.52. The van der Waals surface area contributed by atoms with Crippen LogP contribution in [-0.4, -0.2) is 32.5 Å². The Bertz CT molecular complexity index is 833. The Morgan fingerprint density at radius 2 is 1.93 bits per heavy atom. The number of nitrogens with zero attached hydrogens (tertiary/aromatic N) is 3. The topological polar surface area (TPSA) is 78.3 Å². The molecule has 0 unspecified atom stereocenters. The van der Waals surface area contributed by atoms with Crippen LogP contribution in [0.5, 0.6) is 5.75 Å². The molecule has 1 amide bonds. The van der Waals surface area contributed by atoms with Gasteiger partial charge in [0.05, 0.1) is 0 Å². The van der Waals surface area contributed by atoms with Crippen molar-refractivity contribution >= 4 is 6.09 Å². The quantitative estimate of drug-likeness (QED) is 0.812. The first-order valence-electron chi connectivity index (χ1n) is 10.3. The van der Waals surface area contributed by atoms with Gasteiger partial charge in [-0.1, -0.05) is 12.1 Å². The van der Waals surface area contributed by atoms with Crippen LogP contribution in [-0.2, 0) is 18.4 Å². The van der Waals surface area contributed by atoms with E-state index >= 15 is 0 Å². The van der Waals surface area contributed by atoms with Crippen molar-refractivity contribution in [2.45, 2.75) is 77.5 Å². The van der Waals surface area contributed by atoms with Gasteiger partial charge in [-0.3, -0.25) is 0 Å². The van der Waals surface area contributed by atoms with Gasteiger partial charge in [0.25, 0.3) is 0 Å². The zero-order chi connectivity index (χ0) is 21.0. The number of hydrogen-bond acceptors (Lipinski definition) is 5. The summed E-state index contributed by atoms with van der Waals surface area (Å²) in [5.41, 5.74) is 0.689. The Kier molecular flexibility index (Phi) is 6.45. The molecule has 1 saturated carbocycles. The molecule has 0 atom stereocenters. The van der Waals surface area contributed by atoms with Crippen molar-refractivity contribution in [1.82, 2.24) is 20.1 Å². The van der Waals surface area contributed by atoms with Crippen LogP contribution in [0.3, 0.4) is 0 Å². The first-order valence-corrected chi connectivity index (χ1v) is 10.3. The second kappa shape index (κ2) is 8.84. The molecule has 0 spiro atoms. The van der Waals surface area contributed by atoms with Crippen molar-refractivity contribution in [3.05, 3.63) is 41.5 Å². The number of benzene rings is 1. The fraction of sp³-hybridized carbons (Fsp3) is 0.591. The maximum Gasteiger partial charge on any atom is 0.407 e. The average Bonchev–Trinajstić information content (AvgIpc) is 3.00. The summed E-state index contributed by atoms with van der Waals surface area (Å²) in [4.78, 5) is 12.0. The number of carbonyl (C=O) groups excluding carboxylic acids is 1. The minimum absolute atomic E-state index is 0.151. The van der Waals surface area contributed by atoms with E-state index in [1.165, 1.54) is 0 Å². The molecule has 3 rings (SSSR count). The van der Waals surface area contributed by atoms with Crippen LogP contribution in [0.4, 0.5) is 4.79 Å². The predicted octanol–water partition coefficient (Wildman–Crippen LogP) is 4.25. The van der Waals surface area contributed by atoms with Crippen LogP contribution in [0, 0.1) is 6.92 Å². The summed E-state index contributed by atoms with van der Waals surface area (Å²) in [6, 6.07) is 8.13. The highest BCUT2D eigenvalue weighted by molar-refractivity contribution is 5.68. The van der Waals surface area contributed by atoms with Crippen molar-refractivity contribution in [3.8, 4) is 5.75 Å². The summed E-state index contributed by atoms with van der Waals surface area (Å²) in [5.74, 6) is 2.99. The van der Waals surface area contributed by atoms with Gasteiger partial charge in [0.2, 0.25) is 0 Å². The fourth-order valence-corrected chi connectivity index (χ4v) is 3.68. The van der Waals surface area contributed by atoms with E-state index in [9.17, 15) is 4.79 Å². The third kappa shape index (κ3) is 5.95. The first kappa shape index (κ1) is 21.1. The minimum Gasteiger partial charge on any atom is -0.486 e. The van der Waals surface area contributed by atoms with Gasteiger partial charge < -0.3 is 19.4 Å². The van der Waals surface area contributed by atoms with Crippen molar-refractivity contribution in [3.63, 3.8) is 0 Å². The van der Waals surface area contributed by atoms with Gasteiger partial charge in [-0.25, -0.2) is 4.79 Å². The lowest BCUT2D eigenvalue weighted by atomic mass is 9.85. The van der Waals surface area contributed by atoms with E-state index in [1.54, 1.807) is 0 Å². The number of amides is 1. The lowest BCUT2D eigenvalue weighted by Crippen LogP contribution is -2.40. The molecule has 0 aliphatic heterocycles. The molecule has 29 heavy (non-hydrogen) atoms. The second-order valence-electron chi connectivity index (χ2n) is 8.83. The summed E-state index contributed by atoms with van der Waals surface area (Å²) >= 11 is 0. The van der Waals surface area contributed by atoms with Crippen LogP contribution < -0.4 is 10.1 Å². The summed E-state index contributed by atoms with van der Waals surface area (Å²) in [7, 11) is 2.00. The molecule has 1 heterocycles. The van der Waals surface area contributed by atoms with Crippen LogP contribution in [0.2, 0.25) is 0 Å². The Hall–Kier alpha value is -2.57. The predicted molar refractivity (Wildman–Crippen MR) is 111 cm³/mol. The number of hydrogen-bond donors (Lipinski definition) is 1. The van der Waals surface area contributed by atoms with Crippen LogP contribution in [0.1, 0.15) is 69.6 Å². The smallest absolute Gasteiger partial charge is 0.407 e. The third-order valence-electron chi connectivity index (χ3n) is 5.17. The maximum absolute atomic E-state index is 12.0. The van der Waals surface area contributed by atoms with Crippen molar-refractivity contribution in [2.75, 3.05) is 0 Å². The molecule has 1 aromatic carbocycles. The van der Waals surface area contributed by atoms with Crippen LogP contribution in [0.15, 0.2) is 24.3 Å². The molecule has 7 heteroatoms. The van der Waals surface area contributed by atoms with Crippen molar-refractivity contribution < 1.29 is 14.3 Å². The van der Waals surface area contributed by atoms with Gasteiger partial charge in [-0.05, 0) is 71.1 Å². The van der Waals surface area contributed by atoms with Gasteiger partial charge in [-0.2, -0.15) is 0 Å². The maximum atomic E-state index is 12.0. The van der Waals surface area contributed by atoms with E-state index in [1.807, 2.05) is 63.6 Å². The van der Waals surface area contributed by atoms with E-state index < -0.39 is 5.60 Å². The standard InChI is InChI=1S/C22H32N4O3/c1-15-7-6-8-18(13-15)28-14-19-24-25-20(26(19)5)16-9-11-17(12-10-16)23-21(27)29-22(2,3)4/h6-8,13,16-17H,9-12,14H2,1-5H3,(H,23,27)/t16-,17-. The Labute approximate surface area is 172 Å². The number of rotatable bonds is 5. The SMILES string of the molecule is Cc1cccc(OCc2nnc([C@H]3CC[C@H](NC(=O)OC(C)(C)C)CC3)n2C)c1. The second-order valence-corrected chi connectivity index (χ2v) is 8.83. The zero-order valence-electron chi connectivity index (χ0n) is 18.1. The fourth-order valence-electron chi connectivity index (χ4n) is 3.68. The highest BCUT2D eigenvalue weighted by Crippen LogP contribution is 2.32. The van der Waals surface area contributed by atoms with Gasteiger partial charge in [0.15, 0.2) is 5.82 Å². The third-order valence-corrected chi connectivity index (χ3v) is 5.17. The summed E-state index contributed by atoms with van der Waals surface area (Å²) in [6.07, 6.45) is 3.41. The van der Waals surface area contributed by atoms with Gasteiger partial charge >= 0.3 is 6.09 Å². The molecule has 1 aliphatic rings. The molecule has 1 N–H and O–H groups in total. The number of alkyl carbamates (subject to hydrolysis) is 1. The largest absolute Gasteiger partial charge is 0.486 e. The number of ether oxygens (including phenoxy) is 2. The van der Waals surface area contributed by atoms with Crippen molar-refractivity contribution in [1.29, 1.82) is 0 Å². The summed E-state index contributed by atoms with van der Waals surface area (Å²) < 4.78 is 13.3. The molecular weight excluding hydrogens is 368 g/mol. The van der Waals surface area contributed by atoms with E-state index in [2.05, 4.69) is 15.5 Å². The minimum atomic E-state index is -0.475. The molecule has 0 radical (unpaired) electrons. The van der Waals surface area contributed by atoms with Gasteiger partial charge in [-0.15, -0.1) is 10.2 Å². The van der Waals surface area contributed by atoms with Crippen LogP contribution >= 0.6 is 0 Å². The zero-order valence-corrected chi connectivity index (χ0v) is 18.1. The van der Waals surface area contributed by atoms with E-state index in [-0.39, 0.29) is 12.1 Å². The molecule has 158 valence electrons. The van der Waals surface area contributed by atoms with Crippen LogP contribution in [0.25, 0.3) is 0 Å². The molecule has 0 saturated heterocycles. The highest BCUT2D eigenvalue weighted by atomic mass is 16.6. The molecule has 1 fully saturated rings. The monoisotopic (exact) mass is 400 g/mol.